The van der Waals surface area contributed by atoms with Gasteiger partial charge in [0, 0.05) is 42.7 Å². The molecule has 1 N–H and O–H groups in total. The van der Waals surface area contributed by atoms with Gasteiger partial charge < -0.3 is 19.5 Å². The highest BCUT2D eigenvalue weighted by molar-refractivity contribution is 6.48. The molecule has 2 aliphatic heterocycles. The number of hydrogen-bond donors (Lipinski definition) is 1. The lowest BCUT2D eigenvalue weighted by molar-refractivity contribution is -0.112. The summed E-state index contributed by atoms with van der Waals surface area (Å²) in [4.78, 5) is 31.9. The second kappa shape index (κ2) is 13.9. The normalized spacial score (nSPS) is 16.7. The van der Waals surface area contributed by atoms with Crippen LogP contribution in [0.1, 0.15) is 61.5 Å². The predicted molar refractivity (Wildman–Crippen MR) is 170 cm³/mol. The van der Waals surface area contributed by atoms with Crippen LogP contribution in [-0.2, 0) is 21.5 Å². The van der Waals surface area contributed by atoms with Gasteiger partial charge in [0.25, 0.3) is 11.7 Å². The minimum atomic E-state index is -0.695. The zero-order valence-electron chi connectivity index (χ0n) is 26.0. The number of Topliss-reactive ketones (excluding diaryl/α,β-unsaturated/α-hetero) is 1. The van der Waals surface area contributed by atoms with E-state index in [0.717, 1.165) is 69.0 Å². The number of fused-ring (bicyclic) bond motifs is 1. The summed E-state index contributed by atoms with van der Waals surface area (Å²) in [5.74, 6) is 0.00704. The maximum atomic E-state index is 13.7. The number of piperidine rings is 1. The van der Waals surface area contributed by atoms with E-state index in [-0.39, 0.29) is 5.41 Å². The van der Waals surface area contributed by atoms with Gasteiger partial charge in [-0.25, -0.2) is 0 Å². The summed E-state index contributed by atoms with van der Waals surface area (Å²) in [5.41, 5.74) is 2.80. The molecule has 5 rings (SSSR count). The van der Waals surface area contributed by atoms with Gasteiger partial charge in [0.2, 0.25) is 0 Å². The minimum absolute atomic E-state index is 0.153. The molecule has 2 fully saturated rings. The molecule has 1 amide bonds. The number of benzene rings is 3. The van der Waals surface area contributed by atoms with Gasteiger partial charge in [0.1, 0.15) is 18.1 Å². The van der Waals surface area contributed by atoms with E-state index in [2.05, 4.69) is 42.0 Å². The average molecular weight is 588 g/mol. The summed E-state index contributed by atoms with van der Waals surface area (Å²) in [6.45, 7) is 13.9. The zero-order valence-corrected chi connectivity index (χ0v) is 26.0. The van der Waals surface area contributed by atoms with Crippen LogP contribution in [0.2, 0.25) is 0 Å². The second-order valence-electron chi connectivity index (χ2n) is 12.5. The van der Waals surface area contributed by atoms with Gasteiger partial charge in [-0.05, 0) is 60.5 Å². The van der Waals surface area contributed by atoms with Gasteiger partial charge in [0.15, 0.2) is 0 Å². The Hall–Kier alpha value is -3.46. The quantitative estimate of drug-likeness (QED) is 0.242. The van der Waals surface area contributed by atoms with E-state index in [1.807, 2.05) is 30.3 Å². The molecule has 0 radical (unpaired) electrons. The molecule has 3 aromatic rings. The standard InChI is InChI=1S/C35H45N3O5/c1-35(2,3)26-22-25(24-38-14-8-5-9-15-38)33(41-4)30(23-26)36-34(40)32(39)29-12-13-31(28-11-7-6-10-27(28)29)43-21-18-37-16-19-42-20-17-37/h6-7,10-13,22-23H,5,8-9,14-21,24H2,1-4H3,(H,36,40). The summed E-state index contributed by atoms with van der Waals surface area (Å²) in [5, 5.41) is 4.41. The van der Waals surface area contributed by atoms with Crippen molar-refractivity contribution in [1.82, 2.24) is 9.80 Å². The summed E-state index contributed by atoms with van der Waals surface area (Å²) in [6.07, 6.45) is 3.63. The van der Waals surface area contributed by atoms with Crippen LogP contribution in [0.5, 0.6) is 11.5 Å². The number of ether oxygens (including phenoxy) is 3. The molecular formula is C35H45N3O5. The number of hydrogen-bond acceptors (Lipinski definition) is 7. The van der Waals surface area contributed by atoms with Crippen LogP contribution >= 0.6 is 0 Å². The minimum Gasteiger partial charge on any atom is -0.494 e. The fraction of sp³-hybridized carbons (Fsp3) is 0.486. The number of carbonyl (C=O) groups excluding carboxylic acids is 2. The van der Waals surface area contributed by atoms with Crippen LogP contribution in [0.15, 0.2) is 48.5 Å². The van der Waals surface area contributed by atoms with Crippen molar-refractivity contribution in [2.24, 2.45) is 0 Å². The fourth-order valence-corrected chi connectivity index (χ4v) is 5.94. The van der Waals surface area contributed by atoms with Crippen LogP contribution in [0.25, 0.3) is 10.8 Å². The molecule has 0 unspecified atom stereocenters. The van der Waals surface area contributed by atoms with E-state index in [1.54, 1.807) is 19.2 Å². The molecule has 3 aromatic carbocycles. The molecule has 8 nitrogen and oxygen atoms in total. The largest absolute Gasteiger partial charge is 0.494 e. The highest BCUT2D eigenvalue weighted by atomic mass is 16.5. The Kier molecular flexibility index (Phi) is 10.0. The third-order valence-electron chi connectivity index (χ3n) is 8.43. The molecule has 2 saturated heterocycles. The smallest absolute Gasteiger partial charge is 0.296 e. The summed E-state index contributed by atoms with van der Waals surface area (Å²) >= 11 is 0. The zero-order chi connectivity index (χ0) is 30.4. The molecule has 230 valence electrons. The molecule has 0 bridgehead atoms. The van der Waals surface area contributed by atoms with Crippen LogP contribution in [0.3, 0.4) is 0 Å². The van der Waals surface area contributed by atoms with E-state index in [4.69, 9.17) is 14.2 Å². The highest BCUT2D eigenvalue weighted by Crippen LogP contribution is 2.37. The monoisotopic (exact) mass is 587 g/mol. The lowest BCUT2D eigenvalue weighted by Crippen LogP contribution is -2.38. The number of anilines is 1. The van der Waals surface area contributed by atoms with Gasteiger partial charge in [0.05, 0.1) is 26.0 Å². The Morgan fingerprint density at radius 2 is 1.63 bits per heavy atom. The molecule has 0 atom stereocenters. The first-order chi connectivity index (χ1) is 20.7. The number of nitrogens with zero attached hydrogens (tertiary/aromatic N) is 2. The van der Waals surface area contributed by atoms with Crippen molar-refractivity contribution in [3.05, 3.63) is 65.2 Å². The van der Waals surface area contributed by atoms with Crippen molar-refractivity contribution in [1.29, 1.82) is 0 Å². The van der Waals surface area contributed by atoms with Crippen LogP contribution in [0.4, 0.5) is 5.69 Å². The molecule has 0 spiro atoms. The molecule has 0 aliphatic carbocycles. The van der Waals surface area contributed by atoms with Crippen molar-refractivity contribution in [3.8, 4) is 11.5 Å². The first kappa shape index (κ1) is 31.0. The molecule has 8 heteroatoms. The lowest BCUT2D eigenvalue weighted by atomic mass is 9.85. The summed E-state index contributed by atoms with van der Waals surface area (Å²) in [7, 11) is 1.62. The van der Waals surface area contributed by atoms with E-state index in [0.29, 0.717) is 34.7 Å². The molecule has 2 heterocycles. The summed E-state index contributed by atoms with van der Waals surface area (Å²) in [6, 6.07) is 15.2. The Morgan fingerprint density at radius 3 is 2.33 bits per heavy atom. The van der Waals surface area contributed by atoms with E-state index < -0.39 is 11.7 Å². The van der Waals surface area contributed by atoms with Gasteiger partial charge in [-0.1, -0.05) is 57.5 Å². The first-order valence-electron chi connectivity index (χ1n) is 15.5. The molecule has 0 saturated carbocycles. The number of rotatable bonds is 10. The second-order valence-corrected chi connectivity index (χ2v) is 12.5. The van der Waals surface area contributed by atoms with Crippen molar-refractivity contribution in [2.75, 3.05) is 65.0 Å². The van der Waals surface area contributed by atoms with Crippen LogP contribution < -0.4 is 14.8 Å². The third kappa shape index (κ3) is 7.55. The molecule has 2 aliphatic rings. The Labute approximate surface area is 255 Å². The topological polar surface area (TPSA) is 80.3 Å². The van der Waals surface area contributed by atoms with Crippen LogP contribution in [0, 0.1) is 0 Å². The maximum absolute atomic E-state index is 13.7. The SMILES string of the molecule is COc1c(CN2CCCCC2)cc(C(C)(C)C)cc1NC(=O)C(=O)c1ccc(OCCN2CCOCC2)c2ccccc12. The fourth-order valence-electron chi connectivity index (χ4n) is 5.94. The number of likely N-dealkylation sites (tertiary alicyclic amines) is 1. The first-order valence-corrected chi connectivity index (χ1v) is 15.5. The maximum Gasteiger partial charge on any atom is 0.296 e. The van der Waals surface area contributed by atoms with Gasteiger partial charge in [-0.2, -0.15) is 0 Å². The molecule has 43 heavy (non-hydrogen) atoms. The molecule has 0 aromatic heterocycles. The van der Waals surface area contributed by atoms with Gasteiger partial charge in [-0.3, -0.25) is 19.4 Å². The average Bonchev–Trinajstić information content (AvgIpc) is 3.01. The Balaban J connectivity index is 1.38. The highest BCUT2D eigenvalue weighted by Gasteiger charge is 2.26. The number of methoxy groups -OCH3 is 1. The number of carbonyl (C=O) groups is 2. The van der Waals surface area contributed by atoms with Crippen molar-refractivity contribution in [3.63, 3.8) is 0 Å². The van der Waals surface area contributed by atoms with Crippen molar-refractivity contribution in [2.45, 2.75) is 52.0 Å². The van der Waals surface area contributed by atoms with E-state index >= 15 is 0 Å². The number of morpholine rings is 1. The summed E-state index contributed by atoms with van der Waals surface area (Å²) < 4.78 is 17.4. The predicted octanol–water partition coefficient (Wildman–Crippen LogP) is 5.66. The van der Waals surface area contributed by atoms with Crippen molar-refractivity contribution >= 4 is 28.2 Å². The lowest BCUT2D eigenvalue weighted by Gasteiger charge is -2.29. The Morgan fingerprint density at radius 1 is 0.907 bits per heavy atom. The number of ketones is 1. The Bertz CT molecular complexity index is 1440. The molecular weight excluding hydrogens is 542 g/mol. The van der Waals surface area contributed by atoms with E-state index in [1.165, 1.54) is 19.3 Å². The van der Waals surface area contributed by atoms with E-state index in [9.17, 15) is 9.59 Å². The third-order valence-corrected chi connectivity index (χ3v) is 8.43. The van der Waals surface area contributed by atoms with Crippen LogP contribution in [-0.4, -0.2) is 81.1 Å². The van der Waals surface area contributed by atoms with Gasteiger partial charge in [-0.15, -0.1) is 0 Å². The number of amides is 1. The number of nitrogens with one attached hydrogen (secondary N) is 1. The van der Waals surface area contributed by atoms with Crippen molar-refractivity contribution < 1.29 is 23.8 Å². The van der Waals surface area contributed by atoms with Gasteiger partial charge >= 0.3 is 0 Å².